The molecule has 8 heteroatoms. The van der Waals surface area contributed by atoms with Crippen molar-refractivity contribution in [1.29, 1.82) is 0 Å². The lowest BCUT2D eigenvalue weighted by atomic mass is 9.72. The molecular formula is C18H29BN2O5. The first-order chi connectivity index (χ1) is 12.1. The maximum Gasteiger partial charge on any atom is 0.475 e. The lowest BCUT2D eigenvalue weighted by molar-refractivity contribution is -0.131. The highest BCUT2D eigenvalue weighted by Crippen LogP contribution is 2.33. The molecule has 2 amide bonds. The van der Waals surface area contributed by atoms with Gasteiger partial charge < -0.3 is 25.4 Å². The maximum absolute atomic E-state index is 12.8. The summed E-state index contributed by atoms with van der Waals surface area (Å²) in [7, 11) is -1.69. The Hall–Kier alpha value is -1.80. The van der Waals surface area contributed by atoms with E-state index in [4.69, 9.17) is 4.74 Å². The molecule has 1 atom stereocenters. The van der Waals surface area contributed by atoms with Gasteiger partial charge in [0.2, 0.25) is 5.91 Å². The normalized spacial score (nSPS) is 19.7. The Labute approximate surface area is 155 Å². The van der Waals surface area contributed by atoms with Crippen LogP contribution in [0.4, 0.5) is 4.79 Å². The molecule has 0 aromatic carbocycles. The summed E-state index contributed by atoms with van der Waals surface area (Å²) in [6, 6.07) is 0. The van der Waals surface area contributed by atoms with Gasteiger partial charge >= 0.3 is 13.2 Å². The second-order valence-electron chi connectivity index (χ2n) is 8.02. The average molecular weight is 364 g/mol. The molecule has 2 rings (SSSR count). The molecule has 0 heterocycles. The number of hydrogen-bond donors (Lipinski definition) is 4. The van der Waals surface area contributed by atoms with Crippen LogP contribution in [-0.2, 0) is 9.53 Å². The minimum Gasteiger partial charge on any atom is -0.444 e. The van der Waals surface area contributed by atoms with Crippen LogP contribution in [0, 0.1) is 0 Å². The third-order valence-corrected chi connectivity index (χ3v) is 4.59. The monoisotopic (exact) mass is 364 g/mol. The minimum atomic E-state index is -1.69. The third kappa shape index (κ3) is 5.61. The summed E-state index contributed by atoms with van der Waals surface area (Å²) in [5.41, 5.74) is -0.751. The Bertz CT molecular complexity index is 591. The first-order valence-corrected chi connectivity index (χ1v) is 9.15. The van der Waals surface area contributed by atoms with E-state index in [9.17, 15) is 19.6 Å². The Morgan fingerprint density at radius 1 is 1.31 bits per heavy atom. The van der Waals surface area contributed by atoms with Crippen LogP contribution in [0.3, 0.4) is 0 Å². The highest BCUT2D eigenvalue weighted by Gasteiger charge is 2.47. The number of amides is 2. The number of hydrogen-bond acceptors (Lipinski definition) is 5. The van der Waals surface area contributed by atoms with Gasteiger partial charge in [0.1, 0.15) is 11.1 Å². The van der Waals surface area contributed by atoms with Gasteiger partial charge in [-0.1, -0.05) is 23.8 Å². The molecule has 2 aliphatic carbocycles. The SMILES string of the molecule is CC(C)(C)OC(=O)NC1(C(=O)N[C@@H](CC2=CCCC=C2)B(O)O)CCC1. The molecule has 0 aromatic rings. The van der Waals surface area contributed by atoms with Gasteiger partial charge in [0.15, 0.2) is 0 Å². The van der Waals surface area contributed by atoms with Crippen molar-refractivity contribution in [3.05, 3.63) is 23.8 Å². The van der Waals surface area contributed by atoms with E-state index in [1.54, 1.807) is 20.8 Å². The molecule has 0 saturated heterocycles. The van der Waals surface area contributed by atoms with Crippen molar-refractivity contribution >= 4 is 19.1 Å². The van der Waals surface area contributed by atoms with Crippen LogP contribution < -0.4 is 10.6 Å². The zero-order chi connectivity index (χ0) is 19.4. The number of rotatable bonds is 6. The average Bonchev–Trinajstić information content (AvgIpc) is 2.49. The highest BCUT2D eigenvalue weighted by atomic mass is 16.6. The van der Waals surface area contributed by atoms with Gasteiger partial charge in [-0.2, -0.15) is 0 Å². The van der Waals surface area contributed by atoms with Gasteiger partial charge in [-0.25, -0.2) is 4.79 Å². The largest absolute Gasteiger partial charge is 0.475 e. The van der Waals surface area contributed by atoms with E-state index < -0.39 is 36.2 Å². The quantitative estimate of drug-likeness (QED) is 0.536. The summed E-state index contributed by atoms with van der Waals surface area (Å²) in [6.45, 7) is 5.26. The fraction of sp³-hybridized carbons (Fsp3) is 0.667. The minimum absolute atomic E-state index is 0.322. The van der Waals surface area contributed by atoms with Crippen LogP contribution in [0.2, 0.25) is 0 Å². The Kier molecular flexibility index (Phi) is 6.52. The summed E-state index contributed by atoms with van der Waals surface area (Å²) in [5, 5.41) is 24.7. The number of allylic oxidation sites excluding steroid dienone is 3. The summed E-state index contributed by atoms with van der Waals surface area (Å²) in [5.74, 6) is -1.25. The first kappa shape index (κ1) is 20.5. The molecule has 26 heavy (non-hydrogen) atoms. The zero-order valence-electron chi connectivity index (χ0n) is 15.7. The number of nitrogens with one attached hydrogen (secondary N) is 2. The lowest BCUT2D eigenvalue weighted by Gasteiger charge is -2.41. The van der Waals surface area contributed by atoms with E-state index in [0.29, 0.717) is 19.3 Å². The number of alkyl carbamates (subject to hydrolysis) is 1. The second kappa shape index (κ2) is 8.27. The molecule has 7 nitrogen and oxygen atoms in total. The topological polar surface area (TPSA) is 108 Å². The molecule has 0 bridgehead atoms. The fourth-order valence-electron chi connectivity index (χ4n) is 3.05. The van der Waals surface area contributed by atoms with Gasteiger partial charge in [0.25, 0.3) is 0 Å². The van der Waals surface area contributed by atoms with E-state index in [2.05, 4.69) is 10.6 Å². The summed E-state index contributed by atoms with van der Waals surface area (Å²) >= 11 is 0. The molecule has 1 saturated carbocycles. The molecule has 4 N–H and O–H groups in total. The van der Waals surface area contributed by atoms with E-state index in [0.717, 1.165) is 24.8 Å². The Morgan fingerprint density at radius 3 is 2.46 bits per heavy atom. The van der Waals surface area contributed by atoms with Gasteiger partial charge in [-0.15, -0.1) is 0 Å². The number of ether oxygens (including phenoxy) is 1. The Balaban J connectivity index is 2.00. The predicted molar refractivity (Wildman–Crippen MR) is 99.1 cm³/mol. The molecule has 0 radical (unpaired) electrons. The maximum atomic E-state index is 12.8. The van der Waals surface area contributed by atoms with Gasteiger partial charge in [-0.3, -0.25) is 4.79 Å². The van der Waals surface area contributed by atoms with Crippen LogP contribution in [-0.4, -0.2) is 46.2 Å². The first-order valence-electron chi connectivity index (χ1n) is 9.15. The van der Waals surface area contributed by atoms with Crippen molar-refractivity contribution in [3.63, 3.8) is 0 Å². The van der Waals surface area contributed by atoms with E-state index in [-0.39, 0.29) is 0 Å². The van der Waals surface area contributed by atoms with E-state index in [1.807, 2.05) is 18.2 Å². The lowest BCUT2D eigenvalue weighted by Crippen LogP contribution is -2.65. The van der Waals surface area contributed by atoms with E-state index in [1.165, 1.54) is 0 Å². The smallest absolute Gasteiger partial charge is 0.444 e. The molecule has 1 fully saturated rings. The number of carbonyl (C=O) groups excluding carboxylic acids is 2. The molecule has 0 aromatic heterocycles. The molecule has 0 aliphatic heterocycles. The fourth-order valence-corrected chi connectivity index (χ4v) is 3.05. The van der Waals surface area contributed by atoms with Crippen molar-refractivity contribution in [2.45, 2.75) is 76.4 Å². The van der Waals surface area contributed by atoms with Crippen LogP contribution in [0.5, 0.6) is 0 Å². The standard InChI is InChI=1S/C18H29BN2O5/c1-17(2,3)26-16(23)21-18(10-7-11-18)15(22)20-14(19(24)25)12-13-8-5-4-6-9-13/h5,8-9,14,24-25H,4,6-7,10-12H2,1-3H3,(H,20,22)(H,21,23)/t14-/m0/s1. The van der Waals surface area contributed by atoms with Gasteiger partial charge in [0.05, 0.1) is 5.94 Å². The summed E-state index contributed by atoms with van der Waals surface area (Å²) in [6.07, 6.45) is 9.32. The van der Waals surface area contributed by atoms with Gasteiger partial charge in [0, 0.05) is 0 Å². The number of carbonyl (C=O) groups is 2. The third-order valence-electron chi connectivity index (χ3n) is 4.59. The summed E-state index contributed by atoms with van der Waals surface area (Å²) in [4.78, 5) is 24.8. The van der Waals surface area contributed by atoms with Crippen LogP contribution in [0.15, 0.2) is 23.8 Å². The molecule has 0 spiro atoms. The van der Waals surface area contributed by atoms with Crippen molar-refractivity contribution in [2.24, 2.45) is 0 Å². The van der Waals surface area contributed by atoms with Crippen molar-refractivity contribution in [2.75, 3.05) is 0 Å². The van der Waals surface area contributed by atoms with Gasteiger partial charge in [-0.05, 0) is 59.3 Å². The van der Waals surface area contributed by atoms with E-state index >= 15 is 0 Å². The molecule has 0 unspecified atom stereocenters. The molecule has 2 aliphatic rings. The van der Waals surface area contributed by atoms with Crippen molar-refractivity contribution in [3.8, 4) is 0 Å². The molecule has 144 valence electrons. The van der Waals surface area contributed by atoms with Crippen LogP contribution in [0.1, 0.15) is 59.3 Å². The van der Waals surface area contributed by atoms with Crippen LogP contribution in [0.25, 0.3) is 0 Å². The van der Waals surface area contributed by atoms with Crippen molar-refractivity contribution < 1.29 is 24.4 Å². The predicted octanol–water partition coefficient (Wildman–Crippen LogP) is 1.60. The molecular weight excluding hydrogens is 335 g/mol. The Morgan fingerprint density at radius 2 is 2.00 bits per heavy atom. The highest BCUT2D eigenvalue weighted by molar-refractivity contribution is 6.43. The second-order valence-corrected chi connectivity index (χ2v) is 8.02. The van der Waals surface area contributed by atoms with Crippen LogP contribution >= 0.6 is 0 Å². The summed E-state index contributed by atoms with van der Waals surface area (Å²) < 4.78 is 5.25. The zero-order valence-corrected chi connectivity index (χ0v) is 15.7. The van der Waals surface area contributed by atoms with Crippen molar-refractivity contribution in [1.82, 2.24) is 10.6 Å².